The molecular weight excluding hydrogens is 1570 g/mol. The van der Waals surface area contributed by atoms with Gasteiger partial charge in [0.25, 0.3) is 23.6 Å². The highest BCUT2D eigenvalue weighted by Gasteiger charge is 2.48. The minimum atomic E-state index is -1.42. The lowest BCUT2D eigenvalue weighted by molar-refractivity contribution is -0.126. The van der Waals surface area contributed by atoms with E-state index in [0.717, 1.165) is 90.4 Å². The third-order valence-corrected chi connectivity index (χ3v) is 26.7. The Hall–Kier alpha value is -12.1. The average molecular weight is 1680 g/mol. The summed E-state index contributed by atoms with van der Waals surface area (Å²) in [5, 5.41) is 20.2. The van der Waals surface area contributed by atoms with Gasteiger partial charge in [-0.3, -0.25) is 38.6 Å². The third kappa shape index (κ3) is 16.4. The largest absolute Gasteiger partial charge is 0.457 e. The maximum absolute atomic E-state index is 17.3. The Balaban J connectivity index is 0.897. The van der Waals surface area contributed by atoms with Crippen LogP contribution in [-0.2, 0) is 53.6 Å². The molecule has 0 radical (unpaired) electrons. The predicted molar refractivity (Wildman–Crippen MR) is 496 cm³/mol. The standard InChI is InChI=1S/C108H110N6O12/c1-105(2,3)65-33-41-73(42-34-65)123-87-53-81-91-82(102(118)113(101(81)117)85(49-63-25-17-23-61-21-13-15-31-79(61)63)99(115)111-71-29-19-27-69(51-71)109-57-77-59-121-77)55-89(125-75-45-37-67(38-46-75)107(7,8)9)95-96-90(126-76-47-39-68(40-48-76)108(10,11)12)56-84-92-83(54-88(94(98(92)96)93(87)97(91)95)124-74-43-35-66(36-44-74)106(4,5)6)103(119)114(104(84)120)86(50-64-26-18-24-62-22-14-16-32-80(62)64)100(116)112-72-30-20-28-70(52-72)110-58-78-60-122-78/h13-18,21-26,31-48,53-56,69-72,77-78,85-86,109-110H,19-20,27-30,49-52,57-60H2,1-12H3,(H,111,115)(H,112,116). The second kappa shape index (κ2) is 32.7. The molecule has 18 nitrogen and oxygen atoms in total. The van der Waals surface area contributed by atoms with Crippen molar-refractivity contribution in [3.05, 3.63) is 262 Å². The molecule has 4 fully saturated rings. The van der Waals surface area contributed by atoms with Crippen molar-refractivity contribution in [2.45, 2.75) is 217 Å². The van der Waals surface area contributed by atoms with Gasteiger partial charge in [-0.25, -0.2) is 0 Å². The molecule has 18 heteroatoms. The van der Waals surface area contributed by atoms with Crippen LogP contribution in [0.4, 0.5) is 0 Å². The number of hydrogen-bond acceptors (Lipinski definition) is 14. The second-order valence-electron chi connectivity index (χ2n) is 39.7. The number of imide groups is 2. The molecule has 0 aromatic heterocycles. The molecule has 2 saturated carbocycles. The van der Waals surface area contributed by atoms with Crippen LogP contribution in [0.1, 0.15) is 209 Å². The molecule has 2 aliphatic carbocycles. The number of epoxide rings is 2. The molecule has 644 valence electrons. The summed E-state index contributed by atoms with van der Waals surface area (Å²) in [5.74, 6) is -1.95. The summed E-state index contributed by atoms with van der Waals surface area (Å²) >= 11 is 0. The first-order chi connectivity index (χ1) is 60.4. The van der Waals surface area contributed by atoms with Gasteiger partial charge >= 0.3 is 0 Å². The van der Waals surface area contributed by atoms with E-state index < -0.39 is 47.5 Å². The van der Waals surface area contributed by atoms with Crippen LogP contribution in [0.3, 0.4) is 0 Å². The topological polar surface area (TPSA) is 219 Å². The highest BCUT2D eigenvalue weighted by atomic mass is 16.6. The molecule has 8 unspecified atom stereocenters. The highest BCUT2D eigenvalue weighted by molar-refractivity contribution is 6.45. The van der Waals surface area contributed by atoms with Crippen molar-refractivity contribution in [2.24, 2.45) is 0 Å². The van der Waals surface area contributed by atoms with Crippen LogP contribution < -0.4 is 40.2 Å². The van der Waals surface area contributed by atoms with Gasteiger partial charge in [-0.1, -0.05) is 217 Å². The molecule has 6 amide bonds. The quantitative estimate of drug-likeness (QED) is 0.0191. The van der Waals surface area contributed by atoms with Crippen LogP contribution in [0.25, 0.3) is 64.6 Å². The molecule has 4 aliphatic heterocycles. The van der Waals surface area contributed by atoms with Crippen molar-refractivity contribution in [1.82, 2.24) is 31.1 Å². The molecule has 19 rings (SSSR count). The molecule has 0 bridgehead atoms. The lowest BCUT2D eigenvalue weighted by atomic mass is 9.80. The van der Waals surface area contributed by atoms with Gasteiger partial charge in [-0.2, -0.15) is 0 Å². The zero-order valence-corrected chi connectivity index (χ0v) is 73.9. The van der Waals surface area contributed by atoms with Crippen LogP contribution in [0.15, 0.2) is 206 Å². The summed E-state index contributed by atoms with van der Waals surface area (Å²) in [6.45, 7) is 28.5. The van der Waals surface area contributed by atoms with Crippen molar-refractivity contribution in [2.75, 3.05) is 26.3 Å². The Morgan fingerprint density at radius 3 is 0.921 bits per heavy atom. The molecule has 13 aromatic rings. The first kappa shape index (κ1) is 83.5. The summed E-state index contributed by atoms with van der Waals surface area (Å²) in [6.07, 6.45) is 6.37. The van der Waals surface area contributed by atoms with Gasteiger partial charge < -0.3 is 49.7 Å². The fraction of sp³-hybridized carbons (Fsp3) is 0.352. The fourth-order valence-corrected chi connectivity index (χ4v) is 19.6. The maximum Gasteiger partial charge on any atom is 0.262 e. The molecule has 6 aliphatic rings. The summed E-state index contributed by atoms with van der Waals surface area (Å²) in [7, 11) is 0. The zero-order chi connectivity index (χ0) is 87.6. The molecule has 126 heavy (non-hydrogen) atoms. The lowest BCUT2D eigenvalue weighted by Gasteiger charge is -2.37. The Morgan fingerprint density at radius 2 is 0.635 bits per heavy atom. The molecule has 4 N–H and O–H groups in total. The van der Waals surface area contributed by atoms with E-state index in [9.17, 15) is 0 Å². The summed E-state index contributed by atoms with van der Waals surface area (Å²) in [6, 6.07) is 62.4. The van der Waals surface area contributed by atoms with Crippen molar-refractivity contribution in [3.8, 4) is 46.0 Å². The number of rotatable bonds is 24. The number of fused-ring (bicyclic) bond motifs is 4. The van der Waals surface area contributed by atoms with E-state index in [2.05, 4.69) is 104 Å². The van der Waals surface area contributed by atoms with E-state index in [1.165, 1.54) is 0 Å². The summed E-state index contributed by atoms with van der Waals surface area (Å²) in [4.78, 5) is 104. The molecule has 4 heterocycles. The van der Waals surface area contributed by atoms with E-state index in [-0.39, 0.29) is 127 Å². The number of carbonyl (C=O) groups is 6. The molecular formula is C108H110N6O12. The third-order valence-electron chi connectivity index (χ3n) is 26.7. The van der Waals surface area contributed by atoms with E-state index in [0.29, 0.717) is 107 Å². The Kier molecular flexibility index (Phi) is 21.7. The van der Waals surface area contributed by atoms with Crippen molar-refractivity contribution in [3.63, 3.8) is 0 Å². The minimum absolute atomic E-state index is 0.0471. The smallest absolute Gasteiger partial charge is 0.262 e. The number of nitrogens with one attached hydrogen (secondary N) is 4. The molecule has 0 spiro atoms. The van der Waals surface area contributed by atoms with Crippen molar-refractivity contribution >= 4 is 100 Å². The van der Waals surface area contributed by atoms with Crippen LogP contribution in [0.5, 0.6) is 46.0 Å². The fourth-order valence-electron chi connectivity index (χ4n) is 19.6. The normalized spacial score (nSPS) is 19.6. The van der Waals surface area contributed by atoms with Gasteiger partial charge in [0.15, 0.2) is 0 Å². The van der Waals surface area contributed by atoms with Gasteiger partial charge in [0, 0.05) is 93.2 Å². The van der Waals surface area contributed by atoms with Gasteiger partial charge in [0.05, 0.1) is 47.7 Å². The molecule has 13 aromatic carbocycles. The Labute approximate surface area is 735 Å². The Bertz CT molecular complexity index is 5840. The number of ether oxygens (including phenoxy) is 6. The highest BCUT2D eigenvalue weighted by Crippen LogP contribution is 2.59. The van der Waals surface area contributed by atoms with E-state index in [1.54, 1.807) is 24.3 Å². The zero-order valence-electron chi connectivity index (χ0n) is 73.9. The van der Waals surface area contributed by atoms with Crippen molar-refractivity contribution < 1.29 is 57.2 Å². The SMILES string of the molecule is CC(C)(C)c1ccc(Oc2cc3c4c(cc(Oc5ccc(C(C)(C)C)cc5)c5c6c(Oc7ccc(C(C)(C)C)cc7)cc7c8c(cc(Oc9ccc(C(C)(C)C)cc9)c(c2c45)c86)C(=O)N(C(Cc2cccc4ccccc24)C(=O)NC2CCCC(NCC4CO4)C2)C7=O)C(=O)N(C(Cc2cccc4ccccc24)C(=O)NC2CCCC(NCC4CO4)C2)C3=O)cc1. The number of benzene rings is 13. The predicted octanol–water partition coefficient (Wildman–Crippen LogP) is 21.6. The van der Waals surface area contributed by atoms with Crippen LogP contribution in [-0.4, -0.2) is 120 Å². The van der Waals surface area contributed by atoms with Gasteiger partial charge in [0.2, 0.25) is 11.8 Å². The number of carbonyl (C=O) groups excluding carboxylic acids is 6. The van der Waals surface area contributed by atoms with E-state index >= 15 is 28.8 Å². The first-order valence-electron chi connectivity index (χ1n) is 44.9. The Morgan fingerprint density at radius 1 is 0.357 bits per heavy atom. The average Bonchev–Trinajstić information content (AvgIpc) is 0.732. The van der Waals surface area contributed by atoms with Gasteiger partial charge in [-0.15, -0.1) is 0 Å². The molecule has 8 atom stereocenters. The monoisotopic (exact) mass is 1680 g/mol. The van der Waals surface area contributed by atoms with Crippen LogP contribution in [0, 0.1) is 0 Å². The van der Waals surface area contributed by atoms with Crippen molar-refractivity contribution in [1.29, 1.82) is 0 Å². The molecule has 2 saturated heterocycles. The number of hydrogen-bond donors (Lipinski definition) is 4. The van der Waals surface area contributed by atoms with E-state index in [1.807, 2.05) is 182 Å². The summed E-state index contributed by atoms with van der Waals surface area (Å²) < 4.78 is 41.5. The lowest BCUT2D eigenvalue weighted by Crippen LogP contribution is -2.57. The maximum atomic E-state index is 17.3. The second-order valence-corrected chi connectivity index (χ2v) is 39.7. The van der Waals surface area contributed by atoms with Gasteiger partial charge in [0.1, 0.15) is 58.1 Å². The van der Waals surface area contributed by atoms with Crippen LogP contribution >= 0.6 is 0 Å². The summed E-state index contributed by atoms with van der Waals surface area (Å²) in [5.41, 5.74) is 4.70. The number of amides is 6. The minimum Gasteiger partial charge on any atom is -0.457 e. The van der Waals surface area contributed by atoms with Crippen LogP contribution in [0.2, 0.25) is 0 Å². The number of nitrogens with zero attached hydrogens (tertiary/aromatic N) is 2. The van der Waals surface area contributed by atoms with Gasteiger partial charge in [-0.05, 0) is 201 Å². The van der Waals surface area contributed by atoms with E-state index in [4.69, 9.17) is 28.4 Å². The first-order valence-corrected chi connectivity index (χ1v) is 44.9.